The molecule has 0 unspecified atom stereocenters. The van der Waals surface area contributed by atoms with E-state index in [2.05, 4.69) is 19.7 Å². The van der Waals surface area contributed by atoms with E-state index in [-0.39, 0.29) is 0 Å². The average Bonchev–Trinajstić information content (AvgIpc) is 3.12. The molecule has 0 aliphatic heterocycles. The SMILES string of the molecule is COc1ccc2nc(CCCl)n(CCc3ncon3)c2c1. The van der Waals surface area contributed by atoms with E-state index in [0.717, 1.165) is 29.2 Å². The molecule has 3 aromatic rings. The molecule has 0 spiro atoms. The van der Waals surface area contributed by atoms with Crippen LogP contribution in [-0.4, -0.2) is 32.7 Å². The molecule has 3 rings (SSSR count). The molecule has 0 radical (unpaired) electrons. The van der Waals surface area contributed by atoms with E-state index in [1.807, 2.05) is 18.2 Å². The number of rotatable bonds is 6. The first kappa shape index (κ1) is 13.9. The van der Waals surface area contributed by atoms with Gasteiger partial charge in [-0.25, -0.2) is 4.98 Å². The molecule has 0 aliphatic rings. The number of imidazole rings is 1. The van der Waals surface area contributed by atoms with Crippen molar-refractivity contribution in [1.29, 1.82) is 0 Å². The molecule has 2 heterocycles. The summed E-state index contributed by atoms with van der Waals surface area (Å²) in [6.45, 7) is 0.718. The van der Waals surface area contributed by atoms with Gasteiger partial charge in [-0.1, -0.05) is 5.16 Å². The van der Waals surface area contributed by atoms with E-state index in [1.54, 1.807) is 7.11 Å². The number of aryl methyl sites for hydroxylation is 3. The molecular weight excluding hydrogens is 292 g/mol. The smallest absolute Gasteiger partial charge is 0.213 e. The zero-order valence-electron chi connectivity index (χ0n) is 11.6. The Morgan fingerprint density at radius 1 is 1.33 bits per heavy atom. The number of benzene rings is 1. The Labute approximate surface area is 126 Å². The number of nitrogens with zero attached hydrogens (tertiary/aromatic N) is 4. The van der Waals surface area contributed by atoms with Gasteiger partial charge in [0.25, 0.3) is 0 Å². The third-order valence-corrected chi connectivity index (χ3v) is 3.51. The first-order valence-electron chi connectivity index (χ1n) is 6.66. The minimum atomic E-state index is 0.530. The van der Waals surface area contributed by atoms with Gasteiger partial charge in [-0.05, 0) is 12.1 Å². The molecule has 0 fully saturated rings. The summed E-state index contributed by atoms with van der Waals surface area (Å²) in [4.78, 5) is 8.68. The van der Waals surface area contributed by atoms with Crippen LogP contribution in [0.3, 0.4) is 0 Å². The van der Waals surface area contributed by atoms with Gasteiger partial charge in [-0.3, -0.25) is 0 Å². The highest BCUT2D eigenvalue weighted by Gasteiger charge is 2.12. The van der Waals surface area contributed by atoms with E-state index in [4.69, 9.17) is 20.9 Å². The maximum Gasteiger partial charge on any atom is 0.213 e. The number of aromatic nitrogens is 4. The van der Waals surface area contributed by atoms with E-state index >= 15 is 0 Å². The number of ether oxygens (including phenoxy) is 1. The fraction of sp³-hybridized carbons (Fsp3) is 0.357. The number of methoxy groups -OCH3 is 1. The Balaban J connectivity index is 1.97. The third-order valence-electron chi connectivity index (χ3n) is 3.32. The molecule has 2 aromatic heterocycles. The van der Waals surface area contributed by atoms with E-state index in [1.165, 1.54) is 6.39 Å². The number of hydrogen-bond acceptors (Lipinski definition) is 5. The van der Waals surface area contributed by atoms with Crippen LogP contribution in [0.15, 0.2) is 29.1 Å². The minimum Gasteiger partial charge on any atom is -0.497 e. The lowest BCUT2D eigenvalue weighted by Crippen LogP contribution is -2.07. The molecule has 0 atom stereocenters. The van der Waals surface area contributed by atoms with E-state index in [9.17, 15) is 0 Å². The van der Waals surface area contributed by atoms with Crippen molar-refractivity contribution in [3.63, 3.8) is 0 Å². The fourth-order valence-corrected chi connectivity index (χ4v) is 2.49. The number of hydrogen-bond donors (Lipinski definition) is 0. The summed E-state index contributed by atoms with van der Waals surface area (Å²) in [6, 6.07) is 5.84. The second kappa shape index (κ2) is 6.13. The zero-order chi connectivity index (χ0) is 14.7. The molecular formula is C14H15ClN4O2. The van der Waals surface area contributed by atoms with Gasteiger partial charge in [0.2, 0.25) is 6.39 Å². The molecule has 6 nitrogen and oxygen atoms in total. The van der Waals surface area contributed by atoms with Gasteiger partial charge < -0.3 is 13.8 Å². The van der Waals surface area contributed by atoms with E-state index < -0.39 is 0 Å². The van der Waals surface area contributed by atoms with Crippen LogP contribution in [0.1, 0.15) is 11.6 Å². The van der Waals surface area contributed by atoms with Crippen LogP contribution in [0.2, 0.25) is 0 Å². The number of halogens is 1. The molecule has 110 valence electrons. The largest absolute Gasteiger partial charge is 0.497 e. The standard InChI is InChI=1S/C14H15ClN4O2/c1-20-10-2-3-11-12(8-10)19(14(17-11)4-6-15)7-5-13-16-9-21-18-13/h2-3,8-9H,4-7H2,1H3. The van der Waals surface area contributed by atoms with Gasteiger partial charge in [-0.2, -0.15) is 4.98 Å². The second-order valence-electron chi connectivity index (χ2n) is 4.57. The maximum absolute atomic E-state index is 5.88. The quantitative estimate of drug-likeness (QED) is 0.654. The lowest BCUT2D eigenvalue weighted by atomic mass is 10.3. The van der Waals surface area contributed by atoms with E-state index in [0.29, 0.717) is 24.5 Å². The normalized spacial score (nSPS) is 11.1. The first-order valence-corrected chi connectivity index (χ1v) is 7.19. The van der Waals surface area contributed by atoms with Crippen molar-refractivity contribution < 1.29 is 9.26 Å². The molecule has 21 heavy (non-hydrogen) atoms. The Morgan fingerprint density at radius 3 is 2.95 bits per heavy atom. The Bertz CT molecular complexity index is 724. The van der Waals surface area contributed by atoms with Crippen molar-refractivity contribution in [2.45, 2.75) is 19.4 Å². The van der Waals surface area contributed by atoms with Crippen molar-refractivity contribution in [3.05, 3.63) is 36.2 Å². The lowest BCUT2D eigenvalue weighted by Gasteiger charge is -2.07. The summed E-state index contributed by atoms with van der Waals surface area (Å²) in [5.41, 5.74) is 1.96. The van der Waals surface area contributed by atoms with Crippen molar-refractivity contribution in [3.8, 4) is 5.75 Å². The van der Waals surface area contributed by atoms with Crippen molar-refractivity contribution in [2.75, 3.05) is 13.0 Å². The van der Waals surface area contributed by atoms with Crippen molar-refractivity contribution >= 4 is 22.6 Å². The van der Waals surface area contributed by atoms with Gasteiger partial charge in [0.1, 0.15) is 11.6 Å². The summed E-state index contributed by atoms with van der Waals surface area (Å²) >= 11 is 5.88. The van der Waals surface area contributed by atoms with Crippen LogP contribution in [0.4, 0.5) is 0 Å². The van der Waals surface area contributed by atoms with Crippen LogP contribution in [0.25, 0.3) is 11.0 Å². The summed E-state index contributed by atoms with van der Waals surface area (Å²) in [7, 11) is 1.65. The fourth-order valence-electron chi connectivity index (χ4n) is 2.32. The zero-order valence-corrected chi connectivity index (χ0v) is 12.4. The third kappa shape index (κ3) is 2.85. The van der Waals surface area contributed by atoms with Crippen LogP contribution < -0.4 is 4.74 Å². The molecule has 0 bridgehead atoms. The van der Waals surface area contributed by atoms with Gasteiger partial charge >= 0.3 is 0 Å². The maximum atomic E-state index is 5.88. The number of fused-ring (bicyclic) bond motifs is 1. The van der Waals surface area contributed by atoms with Crippen LogP contribution in [-0.2, 0) is 19.4 Å². The molecule has 7 heteroatoms. The van der Waals surface area contributed by atoms with Gasteiger partial charge in [0, 0.05) is 31.3 Å². The predicted molar refractivity (Wildman–Crippen MR) is 78.7 cm³/mol. The van der Waals surface area contributed by atoms with Crippen LogP contribution >= 0.6 is 11.6 Å². The summed E-state index contributed by atoms with van der Waals surface area (Å²) in [5, 5.41) is 3.83. The molecule has 0 saturated carbocycles. The monoisotopic (exact) mass is 306 g/mol. The molecule has 0 amide bonds. The lowest BCUT2D eigenvalue weighted by molar-refractivity contribution is 0.408. The molecule has 0 aliphatic carbocycles. The highest BCUT2D eigenvalue weighted by molar-refractivity contribution is 6.17. The Morgan fingerprint density at radius 2 is 2.24 bits per heavy atom. The Hall–Kier alpha value is -2.08. The van der Waals surface area contributed by atoms with Crippen LogP contribution in [0, 0.1) is 0 Å². The molecule has 0 N–H and O–H groups in total. The van der Waals surface area contributed by atoms with Crippen molar-refractivity contribution in [2.24, 2.45) is 0 Å². The number of alkyl halides is 1. The topological polar surface area (TPSA) is 66.0 Å². The second-order valence-corrected chi connectivity index (χ2v) is 4.95. The first-order chi connectivity index (χ1) is 10.3. The van der Waals surface area contributed by atoms with Gasteiger partial charge in [0.15, 0.2) is 5.82 Å². The Kier molecular flexibility index (Phi) is 4.06. The molecule has 1 aromatic carbocycles. The molecule has 0 saturated heterocycles. The highest BCUT2D eigenvalue weighted by atomic mass is 35.5. The average molecular weight is 307 g/mol. The van der Waals surface area contributed by atoms with Crippen LogP contribution in [0.5, 0.6) is 5.75 Å². The highest BCUT2D eigenvalue weighted by Crippen LogP contribution is 2.22. The van der Waals surface area contributed by atoms with Gasteiger partial charge in [-0.15, -0.1) is 11.6 Å². The van der Waals surface area contributed by atoms with Crippen molar-refractivity contribution in [1.82, 2.24) is 19.7 Å². The summed E-state index contributed by atoms with van der Waals surface area (Å²) in [5.74, 6) is 2.97. The minimum absolute atomic E-state index is 0.530. The summed E-state index contributed by atoms with van der Waals surface area (Å²) < 4.78 is 12.2. The summed E-state index contributed by atoms with van der Waals surface area (Å²) in [6.07, 6.45) is 2.73. The van der Waals surface area contributed by atoms with Gasteiger partial charge in [0.05, 0.1) is 18.1 Å². The predicted octanol–water partition coefficient (Wildman–Crippen LogP) is 2.45.